The monoisotopic (exact) mass is 397 g/mol. The van der Waals surface area contributed by atoms with Crippen LogP contribution in [0.4, 0.5) is 5.69 Å². The Hall–Kier alpha value is -3.40. The molecule has 28 heavy (non-hydrogen) atoms. The van der Waals surface area contributed by atoms with Gasteiger partial charge < -0.3 is 14.8 Å². The number of ether oxygens (including phenoxy) is 2. The first-order chi connectivity index (χ1) is 13.6. The number of H-pyrrole nitrogens is 1. The Morgan fingerprint density at radius 1 is 1.21 bits per heavy atom. The Bertz CT molecular complexity index is 1040. The van der Waals surface area contributed by atoms with Gasteiger partial charge in [0.2, 0.25) is 17.9 Å². The molecule has 1 aliphatic rings. The molecule has 9 nitrogen and oxygen atoms in total. The Morgan fingerprint density at radius 3 is 2.71 bits per heavy atom. The molecule has 3 heterocycles. The van der Waals surface area contributed by atoms with Crippen LogP contribution in [0.25, 0.3) is 11.4 Å². The van der Waals surface area contributed by atoms with Gasteiger partial charge in [-0.15, -0.1) is 5.10 Å². The van der Waals surface area contributed by atoms with E-state index in [-0.39, 0.29) is 24.2 Å². The smallest absolute Gasteiger partial charge is 0.234 e. The number of aromatic nitrogens is 4. The number of carbonyl (C=O) groups is 2. The topological polar surface area (TPSA) is 119 Å². The fraction of sp³-hybridized carbons (Fsp3) is 0.167. The van der Waals surface area contributed by atoms with Crippen LogP contribution in [0.15, 0.2) is 41.8 Å². The van der Waals surface area contributed by atoms with Gasteiger partial charge >= 0.3 is 0 Å². The summed E-state index contributed by atoms with van der Waals surface area (Å²) in [5, 5.41) is 10.1. The van der Waals surface area contributed by atoms with Crippen molar-refractivity contribution in [2.24, 2.45) is 0 Å². The molecule has 0 bridgehead atoms. The van der Waals surface area contributed by atoms with E-state index >= 15 is 0 Å². The van der Waals surface area contributed by atoms with Gasteiger partial charge in [-0.05, 0) is 25.1 Å². The van der Waals surface area contributed by atoms with Crippen molar-refractivity contribution in [2.45, 2.75) is 12.1 Å². The van der Waals surface area contributed by atoms with Crippen molar-refractivity contribution in [3.63, 3.8) is 0 Å². The number of carbonyl (C=O) groups excluding carboxylic acids is 2. The average molecular weight is 397 g/mol. The zero-order valence-electron chi connectivity index (χ0n) is 14.8. The lowest BCUT2D eigenvalue weighted by molar-refractivity contribution is -0.113. The number of hydrogen-bond donors (Lipinski definition) is 2. The predicted octanol–water partition coefficient (Wildman–Crippen LogP) is 2.53. The Labute approximate surface area is 163 Å². The Balaban J connectivity index is 1.42. The molecule has 0 aliphatic carbocycles. The number of benzene rings is 1. The molecule has 2 N–H and O–H groups in total. The number of aromatic amines is 1. The van der Waals surface area contributed by atoms with Gasteiger partial charge in [-0.1, -0.05) is 11.8 Å². The van der Waals surface area contributed by atoms with E-state index in [0.29, 0.717) is 33.7 Å². The van der Waals surface area contributed by atoms with Gasteiger partial charge in [0.05, 0.1) is 11.4 Å². The fourth-order valence-electron chi connectivity index (χ4n) is 2.60. The van der Waals surface area contributed by atoms with Gasteiger partial charge in [-0.2, -0.15) is 0 Å². The number of amides is 1. The van der Waals surface area contributed by atoms with Crippen LogP contribution in [-0.4, -0.2) is 44.4 Å². The number of fused-ring (bicyclic) bond motifs is 1. The van der Waals surface area contributed by atoms with Gasteiger partial charge in [0.15, 0.2) is 23.1 Å². The molecule has 1 aliphatic heterocycles. The van der Waals surface area contributed by atoms with Crippen LogP contribution >= 0.6 is 11.8 Å². The Kier molecular flexibility index (Phi) is 4.94. The molecular formula is C18H15N5O4S. The third kappa shape index (κ3) is 3.81. The molecule has 0 saturated heterocycles. The zero-order valence-corrected chi connectivity index (χ0v) is 15.6. The summed E-state index contributed by atoms with van der Waals surface area (Å²) >= 11 is 1.18. The molecule has 3 aromatic rings. The minimum Gasteiger partial charge on any atom is -0.454 e. The minimum absolute atomic E-state index is 0.0828. The first kappa shape index (κ1) is 18.0. The number of thioether (sulfide) groups is 1. The van der Waals surface area contributed by atoms with E-state index in [9.17, 15) is 9.59 Å². The number of nitrogens with zero attached hydrogens (tertiary/aromatic N) is 3. The maximum Gasteiger partial charge on any atom is 0.234 e. The number of Topliss-reactive ketones (excluding diaryl/α,β-unsaturated/α-hetero) is 1. The zero-order chi connectivity index (χ0) is 19.5. The SMILES string of the molecule is CC(=O)c1cc2c(cc1NC(=O)CSc1n[nH]c(-c3ccncc3)n1)OCO2. The second-order valence-electron chi connectivity index (χ2n) is 5.85. The average Bonchev–Trinajstić information content (AvgIpc) is 3.35. The van der Waals surface area contributed by atoms with Crippen molar-refractivity contribution >= 4 is 29.1 Å². The van der Waals surface area contributed by atoms with Crippen LogP contribution < -0.4 is 14.8 Å². The van der Waals surface area contributed by atoms with E-state index in [2.05, 4.69) is 25.5 Å². The van der Waals surface area contributed by atoms with Crippen molar-refractivity contribution in [3.8, 4) is 22.9 Å². The maximum atomic E-state index is 12.3. The summed E-state index contributed by atoms with van der Waals surface area (Å²) in [6.45, 7) is 1.51. The van der Waals surface area contributed by atoms with Crippen molar-refractivity contribution < 1.29 is 19.1 Å². The molecule has 0 saturated carbocycles. The molecule has 0 atom stereocenters. The summed E-state index contributed by atoms with van der Waals surface area (Å²) in [6, 6.07) is 6.79. The third-order valence-corrected chi connectivity index (χ3v) is 4.76. The van der Waals surface area contributed by atoms with E-state index in [1.165, 1.54) is 18.7 Å². The number of rotatable bonds is 6. The van der Waals surface area contributed by atoms with Gasteiger partial charge in [-0.3, -0.25) is 19.7 Å². The lowest BCUT2D eigenvalue weighted by Gasteiger charge is -2.10. The van der Waals surface area contributed by atoms with E-state index in [4.69, 9.17) is 9.47 Å². The third-order valence-electron chi connectivity index (χ3n) is 3.92. The highest BCUT2D eigenvalue weighted by atomic mass is 32.2. The van der Waals surface area contributed by atoms with Gasteiger partial charge in [0.25, 0.3) is 0 Å². The van der Waals surface area contributed by atoms with Crippen molar-refractivity contribution in [1.29, 1.82) is 0 Å². The van der Waals surface area contributed by atoms with Crippen LogP contribution in [0, 0.1) is 0 Å². The van der Waals surface area contributed by atoms with Crippen molar-refractivity contribution in [2.75, 3.05) is 17.9 Å². The lowest BCUT2D eigenvalue weighted by Crippen LogP contribution is -2.16. The molecule has 0 unspecified atom stereocenters. The molecule has 0 fully saturated rings. The summed E-state index contributed by atoms with van der Waals surface area (Å²) in [7, 11) is 0. The lowest BCUT2D eigenvalue weighted by atomic mass is 10.1. The van der Waals surface area contributed by atoms with E-state index in [1.807, 2.05) is 12.1 Å². The number of ketones is 1. The summed E-state index contributed by atoms with van der Waals surface area (Å²) < 4.78 is 10.6. The molecule has 10 heteroatoms. The standard InChI is InChI=1S/C18H15N5O4S/c1-10(24)12-6-14-15(27-9-26-14)7-13(12)20-16(25)8-28-18-21-17(22-23-18)11-2-4-19-5-3-11/h2-7H,8-9H2,1H3,(H,20,25)(H,21,22,23). The molecule has 142 valence electrons. The van der Waals surface area contributed by atoms with Crippen LogP contribution in [0.5, 0.6) is 11.5 Å². The first-order valence-corrected chi connectivity index (χ1v) is 9.29. The summed E-state index contributed by atoms with van der Waals surface area (Å²) in [5.74, 6) is 1.18. The van der Waals surface area contributed by atoms with Crippen LogP contribution in [0.3, 0.4) is 0 Å². The molecule has 1 aromatic carbocycles. The second kappa shape index (κ2) is 7.69. The maximum absolute atomic E-state index is 12.3. The molecule has 1 amide bonds. The minimum atomic E-state index is -0.290. The highest BCUT2D eigenvalue weighted by Gasteiger charge is 2.20. The molecule has 0 radical (unpaired) electrons. The van der Waals surface area contributed by atoms with Crippen molar-refractivity contribution in [3.05, 3.63) is 42.2 Å². The molecule has 2 aromatic heterocycles. The second-order valence-corrected chi connectivity index (χ2v) is 6.79. The molecule has 4 rings (SSSR count). The van der Waals surface area contributed by atoms with Gasteiger partial charge in [0.1, 0.15) is 0 Å². The van der Waals surface area contributed by atoms with E-state index in [0.717, 1.165) is 5.56 Å². The van der Waals surface area contributed by atoms with Crippen molar-refractivity contribution in [1.82, 2.24) is 20.2 Å². The summed E-state index contributed by atoms with van der Waals surface area (Å²) in [4.78, 5) is 32.5. The quantitative estimate of drug-likeness (QED) is 0.481. The van der Waals surface area contributed by atoms with E-state index < -0.39 is 0 Å². The highest BCUT2D eigenvalue weighted by molar-refractivity contribution is 7.99. The highest BCUT2D eigenvalue weighted by Crippen LogP contribution is 2.37. The van der Waals surface area contributed by atoms with Gasteiger partial charge in [0, 0.05) is 29.6 Å². The Morgan fingerprint density at radius 2 is 1.96 bits per heavy atom. The van der Waals surface area contributed by atoms with Crippen LogP contribution in [0.2, 0.25) is 0 Å². The first-order valence-electron chi connectivity index (χ1n) is 8.30. The summed E-state index contributed by atoms with van der Waals surface area (Å²) in [6.07, 6.45) is 3.33. The number of hydrogen-bond acceptors (Lipinski definition) is 8. The largest absolute Gasteiger partial charge is 0.454 e. The van der Waals surface area contributed by atoms with Crippen LogP contribution in [0.1, 0.15) is 17.3 Å². The fourth-order valence-corrected chi connectivity index (χ4v) is 3.20. The molecular weight excluding hydrogens is 382 g/mol. The predicted molar refractivity (Wildman–Crippen MR) is 102 cm³/mol. The summed E-state index contributed by atoms with van der Waals surface area (Å²) in [5.41, 5.74) is 1.60. The number of pyridine rings is 1. The molecule has 0 spiro atoms. The van der Waals surface area contributed by atoms with E-state index in [1.54, 1.807) is 24.5 Å². The number of anilines is 1. The van der Waals surface area contributed by atoms with Crippen LogP contribution in [-0.2, 0) is 4.79 Å². The number of nitrogens with one attached hydrogen (secondary N) is 2. The normalized spacial score (nSPS) is 12.0. The van der Waals surface area contributed by atoms with Gasteiger partial charge in [-0.25, -0.2) is 4.98 Å².